The van der Waals surface area contributed by atoms with Crippen molar-refractivity contribution >= 4 is 11.9 Å². The fourth-order valence-corrected chi connectivity index (χ4v) is 2.70. The number of amides is 3. The second-order valence-corrected chi connectivity index (χ2v) is 6.16. The van der Waals surface area contributed by atoms with Gasteiger partial charge in [-0.3, -0.25) is 4.79 Å². The molecule has 1 N–H and O–H groups in total. The largest absolute Gasteiger partial charge is 0.341 e. The molecule has 0 bridgehead atoms. The fourth-order valence-electron chi connectivity index (χ4n) is 2.70. The molecule has 7 heteroatoms. The summed E-state index contributed by atoms with van der Waals surface area (Å²) in [4.78, 5) is 26.8. The van der Waals surface area contributed by atoms with Crippen LogP contribution in [0.2, 0.25) is 0 Å². The van der Waals surface area contributed by atoms with Gasteiger partial charge in [-0.05, 0) is 18.1 Å². The molecule has 0 unspecified atom stereocenters. The van der Waals surface area contributed by atoms with E-state index in [0.29, 0.717) is 25.1 Å². The molecule has 0 radical (unpaired) electrons. The Morgan fingerprint density at radius 2 is 2.17 bits per heavy atom. The lowest BCUT2D eigenvalue weighted by Gasteiger charge is -2.23. The summed E-state index contributed by atoms with van der Waals surface area (Å²) >= 11 is 0. The third kappa shape index (κ3) is 4.66. The van der Waals surface area contributed by atoms with Crippen molar-refractivity contribution in [3.05, 3.63) is 35.4 Å². The van der Waals surface area contributed by atoms with Gasteiger partial charge in [-0.25, -0.2) is 13.6 Å². The summed E-state index contributed by atoms with van der Waals surface area (Å²) in [6.07, 6.45) is 1.45. The van der Waals surface area contributed by atoms with Crippen molar-refractivity contribution in [1.82, 2.24) is 15.1 Å². The molecule has 24 heavy (non-hydrogen) atoms. The summed E-state index contributed by atoms with van der Waals surface area (Å²) < 4.78 is 26.6. The Kier molecular flexibility index (Phi) is 6.11. The predicted octanol–water partition coefficient (Wildman–Crippen LogP) is 2.33. The molecule has 1 heterocycles. The lowest BCUT2D eigenvalue weighted by Crippen LogP contribution is -2.43. The number of hydrogen-bond acceptors (Lipinski definition) is 2. The highest BCUT2D eigenvalue weighted by molar-refractivity contribution is 5.78. The lowest BCUT2D eigenvalue weighted by atomic mass is 10.0. The molecule has 0 aliphatic carbocycles. The second kappa shape index (κ2) is 8.08. The number of rotatable bonds is 6. The van der Waals surface area contributed by atoms with E-state index in [4.69, 9.17) is 0 Å². The van der Waals surface area contributed by atoms with Gasteiger partial charge in [0.05, 0.1) is 0 Å². The SMILES string of the molecule is C[C@H](CNC(=O)N(C)CCN1CCCC1=O)c1ccc(F)cc1F. The van der Waals surface area contributed by atoms with E-state index in [1.807, 2.05) is 0 Å². The highest BCUT2D eigenvalue weighted by Gasteiger charge is 2.21. The number of urea groups is 1. The molecule has 3 amide bonds. The van der Waals surface area contributed by atoms with Crippen LogP contribution < -0.4 is 5.32 Å². The molecule has 1 aliphatic rings. The van der Waals surface area contributed by atoms with Crippen LogP contribution in [-0.4, -0.2) is 55.0 Å². The van der Waals surface area contributed by atoms with Gasteiger partial charge in [-0.1, -0.05) is 13.0 Å². The molecule has 2 rings (SSSR count). The highest BCUT2D eigenvalue weighted by atomic mass is 19.1. The fraction of sp³-hybridized carbons (Fsp3) is 0.529. The zero-order valence-electron chi connectivity index (χ0n) is 14.0. The number of halogens is 2. The van der Waals surface area contributed by atoms with Crippen LogP contribution in [0, 0.1) is 11.6 Å². The van der Waals surface area contributed by atoms with Crippen LogP contribution in [0.4, 0.5) is 13.6 Å². The first-order valence-corrected chi connectivity index (χ1v) is 8.10. The summed E-state index contributed by atoms with van der Waals surface area (Å²) in [6.45, 7) is 3.71. The predicted molar refractivity (Wildman–Crippen MR) is 86.6 cm³/mol. The molecule has 1 aliphatic heterocycles. The Morgan fingerprint density at radius 1 is 1.42 bits per heavy atom. The number of hydrogen-bond donors (Lipinski definition) is 1. The molecule has 0 spiro atoms. The number of carbonyl (C=O) groups is 2. The Bertz CT molecular complexity index is 609. The van der Waals surface area contributed by atoms with Crippen molar-refractivity contribution in [2.24, 2.45) is 0 Å². The molecule has 1 aromatic rings. The average molecular weight is 339 g/mol. The van der Waals surface area contributed by atoms with Gasteiger partial charge in [0, 0.05) is 51.6 Å². The van der Waals surface area contributed by atoms with Crippen molar-refractivity contribution in [3.63, 3.8) is 0 Å². The smallest absolute Gasteiger partial charge is 0.317 e. The minimum absolute atomic E-state index is 0.129. The van der Waals surface area contributed by atoms with Gasteiger partial charge < -0.3 is 15.1 Å². The van der Waals surface area contributed by atoms with Gasteiger partial charge in [0.15, 0.2) is 0 Å². The molecule has 132 valence electrons. The van der Waals surface area contributed by atoms with Gasteiger partial charge >= 0.3 is 6.03 Å². The molecule has 1 aromatic carbocycles. The summed E-state index contributed by atoms with van der Waals surface area (Å²) in [5.41, 5.74) is 0.363. The van der Waals surface area contributed by atoms with Crippen LogP contribution in [-0.2, 0) is 4.79 Å². The number of likely N-dealkylation sites (tertiary alicyclic amines) is 1. The van der Waals surface area contributed by atoms with E-state index in [1.54, 1.807) is 18.9 Å². The van der Waals surface area contributed by atoms with E-state index in [9.17, 15) is 18.4 Å². The van der Waals surface area contributed by atoms with E-state index >= 15 is 0 Å². The van der Waals surface area contributed by atoms with Crippen LogP contribution in [0.5, 0.6) is 0 Å². The van der Waals surface area contributed by atoms with E-state index in [2.05, 4.69) is 5.32 Å². The van der Waals surface area contributed by atoms with Gasteiger partial charge in [0.1, 0.15) is 11.6 Å². The zero-order chi connectivity index (χ0) is 17.7. The number of carbonyl (C=O) groups excluding carboxylic acids is 2. The van der Waals surface area contributed by atoms with Gasteiger partial charge in [-0.15, -0.1) is 0 Å². The second-order valence-electron chi connectivity index (χ2n) is 6.16. The molecule has 1 saturated heterocycles. The number of likely N-dealkylation sites (N-methyl/N-ethyl adjacent to an activating group) is 1. The molecule has 0 aromatic heterocycles. The first-order valence-electron chi connectivity index (χ1n) is 8.10. The van der Waals surface area contributed by atoms with E-state index in [-0.39, 0.29) is 24.4 Å². The standard InChI is InChI=1S/C17H23F2N3O2/c1-12(14-6-5-13(18)10-15(14)19)11-20-17(24)21(2)8-9-22-7-3-4-16(22)23/h5-6,10,12H,3-4,7-9,11H2,1-2H3,(H,20,24)/t12-/m1/s1. The van der Waals surface area contributed by atoms with Crippen molar-refractivity contribution in [3.8, 4) is 0 Å². The van der Waals surface area contributed by atoms with E-state index in [1.165, 1.54) is 17.0 Å². The van der Waals surface area contributed by atoms with Crippen molar-refractivity contribution < 1.29 is 18.4 Å². The molecule has 1 atom stereocenters. The van der Waals surface area contributed by atoms with Crippen LogP contribution in [0.25, 0.3) is 0 Å². The normalized spacial score (nSPS) is 15.5. The van der Waals surface area contributed by atoms with Gasteiger partial charge in [0.2, 0.25) is 5.91 Å². The van der Waals surface area contributed by atoms with Gasteiger partial charge in [0.25, 0.3) is 0 Å². The number of nitrogens with one attached hydrogen (secondary N) is 1. The van der Waals surface area contributed by atoms with Crippen LogP contribution in [0.15, 0.2) is 18.2 Å². The van der Waals surface area contributed by atoms with Crippen LogP contribution in [0.3, 0.4) is 0 Å². The Balaban J connectivity index is 1.77. The van der Waals surface area contributed by atoms with Gasteiger partial charge in [-0.2, -0.15) is 0 Å². The van der Waals surface area contributed by atoms with Crippen LogP contribution in [0.1, 0.15) is 31.2 Å². The summed E-state index contributed by atoms with van der Waals surface area (Å²) in [6, 6.07) is 3.16. The number of nitrogens with zero attached hydrogens (tertiary/aromatic N) is 2. The molecular formula is C17H23F2N3O2. The maximum absolute atomic E-state index is 13.7. The minimum Gasteiger partial charge on any atom is -0.341 e. The third-order valence-corrected chi connectivity index (χ3v) is 4.28. The van der Waals surface area contributed by atoms with Crippen molar-refractivity contribution in [1.29, 1.82) is 0 Å². The lowest BCUT2D eigenvalue weighted by molar-refractivity contribution is -0.127. The number of benzene rings is 1. The Hall–Kier alpha value is -2.18. The molecule has 0 saturated carbocycles. The molecule has 1 fully saturated rings. The maximum Gasteiger partial charge on any atom is 0.317 e. The first-order chi connectivity index (χ1) is 11.4. The topological polar surface area (TPSA) is 52.7 Å². The Labute approximate surface area is 140 Å². The average Bonchev–Trinajstić information content (AvgIpc) is 2.95. The van der Waals surface area contributed by atoms with E-state index < -0.39 is 11.6 Å². The van der Waals surface area contributed by atoms with Crippen LogP contribution >= 0.6 is 0 Å². The summed E-state index contributed by atoms with van der Waals surface area (Å²) in [5, 5.41) is 2.73. The maximum atomic E-state index is 13.7. The van der Waals surface area contributed by atoms with E-state index in [0.717, 1.165) is 19.0 Å². The first kappa shape index (κ1) is 18.2. The van der Waals surface area contributed by atoms with Crippen molar-refractivity contribution in [2.45, 2.75) is 25.7 Å². The zero-order valence-corrected chi connectivity index (χ0v) is 14.0. The van der Waals surface area contributed by atoms with Crippen molar-refractivity contribution in [2.75, 3.05) is 33.2 Å². The highest BCUT2D eigenvalue weighted by Crippen LogP contribution is 2.19. The third-order valence-electron chi connectivity index (χ3n) is 4.28. The molecular weight excluding hydrogens is 316 g/mol. The Morgan fingerprint density at radius 3 is 2.79 bits per heavy atom. The quantitative estimate of drug-likeness (QED) is 0.865. The minimum atomic E-state index is -0.622. The molecule has 5 nitrogen and oxygen atoms in total. The monoisotopic (exact) mass is 339 g/mol. The summed E-state index contributed by atoms with van der Waals surface area (Å²) in [5.74, 6) is -1.38. The summed E-state index contributed by atoms with van der Waals surface area (Å²) in [7, 11) is 1.65.